The van der Waals surface area contributed by atoms with Gasteiger partial charge >= 0.3 is 25.8 Å². The van der Waals surface area contributed by atoms with Crippen molar-refractivity contribution in [2.45, 2.75) is 26.2 Å². The summed E-state index contributed by atoms with van der Waals surface area (Å²) in [6.45, 7) is 4.00. The largest absolute Gasteiger partial charge is 4.00 e. The molecule has 122 valence electrons. The summed E-state index contributed by atoms with van der Waals surface area (Å²) in [4.78, 5) is 0. The van der Waals surface area contributed by atoms with E-state index in [4.69, 9.17) is 0 Å². The van der Waals surface area contributed by atoms with Gasteiger partial charge in [0.05, 0.1) is 0 Å². The molecule has 3 heteroatoms. The van der Waals surface area contributed by atoms with Crippen molar-refractivity contribution in [1.82, 2.24) is 0 Å². The molecule has 0 saturated carbocycles. The Morgan fingerprint density at radius 3 is 2.21 bits per heavy atom. The van der Waals surface area contributed by atoms with Crippen LogP contribution in [0.3, 0.4) is 0 Å². The van der Waals surface area contributed by atoms with Crippen LogP contribution in [0.1, 0.15) is 36.5 Å². The normalized spacial score (nSPS) is 12.8. The van der Waals surface area contributed by atoms with Crippen LogP contribution in [0.4, 0.5) is 0 Å². The molecule has 0 unspecified atom stereocenters. The van der Waals surface area contributed by atoms with Crippen molar-refractivity contribution in [2.75, 3.05) is 0 Å². The van der Waals surface area contributed by atoms with Gasteiger partial charge in [-0.25, -0.2) is 0 Å². The van der Waals surface area contributed by atoms with Gasteiger partial charge in [0, 0.05) is 0 Å². The van der Waals surface area contributed by atoms with E-state index in [1.807, 2.05) is 20.3 Å². The van der Waals surface area contributed by atoms with Gasteiger partial charge in [0.25, 0.3) is 0 Å². The number of allylic oxidation sites excluding steroid dienone is 4. The maximum Gasteiger partial charge on any atom is 4.00 e. The molecule has 0 saturated heterocycles. The minimum Gasteiger partial charge on any atom is -1.00 e. The van der Waals surface area contributed by atoms with Gasteiger partial charge in [-0.05, 0) is 12.3 Å². The SMILES string of the molecule is C[CH-]C.[Cl-].[Cl-].[Hf+4].[c-]1c(C2C=CC=C2)ccc2c1Cc1ccccc1-2. The summed E-state index contributed by atoms with van der Waals surface area (Å²) in [5.74, 6) is 0.416. The summed E-state index contributed by atoms with van der Waals surface area (Å²) < 4.78 is 0. The fraction of sp³-hybridized carbons (Fsp3) is 0.190. The Balaban J connectivity index is 0.000000827. The number of hydrogen-bond acceptors (Lipinski definition) is 0. The molecule has 0 heterocycles. The first-order valence-corrected chi connectivity index (χ1v) is 7.56. The third-order valence-corrected chi connectivity index (χ3v) is 3.83. The van der Waals surface area contributed by atoms with Gasteiger partial charge in [0.2, 0.25) is 0 Å². The van der Waals surface area contributed by atoms with E-state index in [0.29, 0.717) is 5.92 Å². The van der Waals surface area contributed by atoms with E-state index >= 15 is 0 Å². The van der Waals surface area contributed by atoms with Crippen LogP contribution >= 0.6 is 0 Å². The maximum atomic E-state index is 3.61. The molecule has 0 aromatic heterocycles. The van der Waals surface area contributed by atoms with Crippen LogP contribution in [0.5, 0.6) is 0 Å². The standard InChI is InChI=1S/C18H13.C3H7.2ClH.Hf/c1-2-6-13(5-1)14-9-10-18-16(11-14)12-15-7-3-4-8-17(15)18;1-3-2;;;/h1-10,13H,12H2;3H,1-2H3;2*1H;/q2*-1;;;+4/p-2. The topological polar surface area (TPSA) is 0 Å². The minimum atomic E-state index is 0. The van der Waals surface area contributed by atoms with E-state index in [1.54, 1.807) is 0 Å². The van der Waals surface area contributed by atoms with E-state index in [9.17, 15) is 0 Å². The summed E-state index contributed by atoms with van der Waals surface area (Å²) in [6, 6.07) is 16.7. The molecule has 0 N–H and O–H groups in total. The molecule has 4 rings (SSSR count). The molecule has 0 nitrogen and oxygen atoms in total. The molecule has 0 aliphatic heterocycles. The van der Waals surface area contributed by atoms with E-state index in [-0.39, 0.29) is 50.7 Å². The van der Waals surface area contributed by atoms with Crippen molar-refractivity contribution in [1.29, 1.82) is 0 Å². The summed E-state index contributed by atoms with van der Waals surface area (Å²) in [6.07, 6.45) is 11.7. The number of benzene rings is 2. The van der Waals surface area contributed by atoms with E-state index in [2.05, 4.69) is 66.8 Å². The second-order valence-electron chi connectivity index (χ2n) is 5.51. The Morgan fingerprint density at radius 1 is 0.917 bits per heavy atom. The van der Waals surface area contributed by atoms with Gasteiger partial charge in [0.1, 0.15) is 0 Å². The molecular weight excluding hydrogens is 502 g/mol. The summed E-state index contributed by atoms with van der Waals surface area (Å²) in [5, 5.41) is 0. The van der Waals surface area contributed by atoms with Crippen molar-refractivity contribution in [3.63, 3.8) is 0 Å². The zero-order chi connectivity index (χ0) is 14.7. The molecule has 2 aromatic rings. The van der Waals surface area contributed by atoms with Crippen molar-refractivity contribution in [3.05, 3.63) is 89.9 Å². The Kier molecular flexibility index (Phi) is 10.8. The Hall–Kier alpha value is -0.630. The van der Waals surface area contributed by atoms with Crippen LogP contribution in [0.15, 0.2) is 60.7 Å². The van der Waals surface area contributed by atoms with Crippen LogP contribution in [-0.2, 0) is 32.3 Å². The van der Waals surface area contributed by atoms with Crippen molar-refractivity contribution < 1.29 is 50.7 Å². The maximum absolute atomic E-state index is 3.61. The van der Waals surface area contributed by atoms with Crippen LogP contribution in [0, 0.1) is 12.5 Å². The van der Waals surface area contributed by atoms with Gasteiger partial charge in [-0.15, -0.1) is 11.1 Å². The second-order valence-corrected chi connectivity index (χ2v) is 5.51. The Labute approximate surface area is 177 Å². The first kappa shape index (κ1) is 23.4. The van der Waals surface area contributed by atoms with E-state index in [1.165, 1.54) is 27.8 Å². The third kappa shape index (κ3) is 4.94. The van der Waals surface area contributed by atoms with Crippen molar-refractivity contribution in [3.8, 4) is 11.1 Å². The fourth-order valence-corrected chi connectivity index (χ4v) is 2.91. The Morgan fingerprint density at radius 2 is 1.54 bits per heavy atom. The van der Waals surface area contributed by atoms with Gasteiger partial charge in [0.15, 0.2) is 0 Å². The minimum absolute atomic E-state index is 0. The number of fused-ring (bicyclic) bond motifs is 3. The van der Waals surface area contributed by atoms with Gasteiger partial charge < -0.3 is 31.2 Å². The number of halogens is 2. The van der Waals surface area contributed by atoms with Crippen molar-refractivity contribution in [2.24, 2.45) is 0 Å². The zero-order valence-corrected chi connectivity index (χ0v) is 19.0. The molecule has 0 radical (unpaired) electrons. The molecule has 24 heavy (non-hydrogen) atoms. The second kappa shape index (κ2) is 11.1. The van der Waals surface area contributed by atoms with Crippen molar-refractivity contribution >= 4 is 0 Å². The van der Waals surface area contributed by atoms with Gasteiger partial charge in [-0.3, -0.25) is 0 Å². The third-order valence-electron chi connectivity index (χ3n) is 3.83. The van der Waals surface area contributed by atoms with Crippen LogP contribution in [0.2, 0.25) is 0 Å². The summed E-state index contributed by atoms with van der Waals surface area (Å²) in [5.41, 5.74) is 6.81. The molecule has 0 bridgehead atoms. The summed E-state index contributed by atoms with van der Waals surface area (Å²) >= 11 is 0. The van der Waals surface area contributed by atoms with Gasteiger partial charge in [-0.2, -0.15) is 37.6 Å². The van der Waals surface area contributed by atoms with Crippen LogP contribution < -0.4 is 24.8 Å². The predicted molar refractivity (Wildman–Crippen MR) is 90.2 cm³/mol. The molecule has 2 aliphatic carbocycles. The van der Waals surface area contributed by atoms with E-state index in [0.717, 1.165) is 6.42 Å². The molecule has 0 amide bonds. The molecule has 0 atom stereocenters. The molecular formula is C21H20Cl2Hf. The molecule has 0 fully saturated rings. The molecule has 2 aromatic carbocycles. The molecule has 2 aliphatic rings. The van der Waals surface area contributed by atoms with Crippen LogP contribution in [0.25, 0.3) is 11.1 Å². The van der Waals surface area contributed by atoms with E-state index < -0.39 is 0 Å². The zero-order valence-electron chi connectivity index (χ0n) is 13.9. The number of hydrogen-bond donors (Lipinski definition) is 0. The smallest absolute Gasteiger partial charge is 1.00 e. The summed E-state index contributed by atoms with van der Waals surface area (Å²) in [7, 11) is 0. The van der Waals surface area contributed by atoms with Crippen LogP contribution in [-0.4, -0.2) is 0 Å². The fourth-order valence-electron chi connectivity index (χ4n) is 2.91. The Bertz CT molecular complexity index is 693. The molecule has 0 spiro atoms. The average Bonchev–Trinajstić information content (AvgIpc) is 3.15. The quantitative estimate of drug-likeness (QED) is 0.299. The first-order valence-electron chi connectivity index (χ1n) is 7.56. The van der Waals surface area contributed by atoms with Gasteiger partial charge in [-0.1, -0.05) is 59.7 Å². The average molecular weight is 522 g/mol. The predicted octanol–water partition coefficient (Wildman–Crippen LogP) is -0.496. The monoisotopic (exact) mass is 522 g/mol. The first-order chi connectivity index (χ1) is 10.3. The number of rotatable bonds is 1.